The number of hydrogen-bond acceptors (Lipinski definition) is 4. The number of hydrogen-bond donors (Lipinski definition) is 2. The van der Waals surface area contributed by atoms with Crippen LogP contribution in [0.1, 0.15) is 24.8 Å². The van der Waals surface area contributed by atoms with E-state index in [0.29, 0.717) is 24.9 Å². The molecule has 134 valence electrons. The number of carbonyl (C=O) groups is 1. The molecular weight excluding hydrogens is 320 g/mol. The lowest BCUT2D eigenvalue weighted by atomic mass is 9.98. The summed E-state index contributed by atoms with van der Waals surface area (Å²) in [6.45, 7) is 1.47. The van der Waals surface area contributed by atoms with Gasteiger partial charge in [-0.15, -0.1) is 0 Å². The lowest BCUT2D eigenvalue weighted by Gasteiger charge is -2.31. The van der Waals surface area contributed by atoms with Crippen molar-refractivity contribution in [3.63, 3.8) is 0 Å². The van der Waals surface area contributed by atoms with Crippen molar-refractivity contribution < 1.29 is 14.6 Å². The highest BCUT2D eigenvalue weighted by molar-refractivity contribution is 5.81. The Morgan fingerprint density at radius 3 is 3.00 bits per heavy atom. The fraction of sp³-hybridized carbons (Fsp3) is 0.474. The molecule has 0 spiro atoms. The number of aryl methyl sites for hydroxylation is 1. The van der Waals surface area contributed by atoms with Gasteiger partial charge in [0.1, 0.15) is 5.75 Å². The van der Waals surface area contributed by atoms with Gasteiger partial charge in [-0.1, -0.05) is 0 Å². The molecule has 0 aliphatic carbocycles. The number of piperidine rings is 1. The fourth-order valence-corrected chi connectivity index (χ4v) is 3.38. The zero-order chi connectivity index (χ0) is 17.8. The van der Waals surface area contributed by atoms with Crippen molar-refractivity contribution in [1.29, 1.82) is 0 Å². The highest BCUT2D eigenvalue weighted by Gasteiger charge is 2.23. The molecule has 3 rings (SSSR count). The second-order valence-electron chi connectivity index (χ2n) is 6.61. The molecule has 6 heteroatoms. The maximum absolute atomic E-state index is 12.4. The third-order valence-electron chi connectivity index (χ3n) is 4.87. The van der Waals surface area contributed by atoms with Crippen molar-refractivity contribution in [3.05, 3.63) is 40.2 Å². The normalized spacial score (nSPS) is 17.7. The lowest BCUT2D eigenvalue weighted by molar-refractivity contribution is -0.133. The van der Waals surface area contributed by atoms with Crippen LogP contribution in [0.5, 0.6) is 5.75 Å². The summed E-state index contributed by atoms with van der Waals surface area (Å²) < 4.78 is 5.22. The van der Waals surface area contributed by atoms with E-state index in [-0.39, 0.29) is 24.0 Å². The predicted octanol–water partition coefficient (Wildman–Crippen LogP) is 1.70. The van der Waals surface area contributed by atoms with Crippen LogP contribution in [0.2, 0.25) is 0 Å². The quantitative estimate of drug-likeness (QED) is 0.865. The topological polar surface area (TPSA) is 82.6 Å². The molecule has 1 saturated heterocycles. The molecule has 6 nitrogen and oxygen atoms in total. The van der Waals surface area contributed by atoms with Crippen LogP contribution in [0, 0.1) is 5.92 Å². The number of nitrogens with zero attached hydrogens (tertiary/aromatic N) is 1. The van der Waals surface area contributed by atoms with Crippen LogP contribution >= 0.6 is 0 Å². The van der Waals surface area contributed by atoms with Gasteiger partial charge in [-0.25, -0.2) is 0 Å². The number of aromatic amines is 1. The zero-order valence-corrected chi connectivity index (χ0v) is 14.5. The molecule has 2 aromatic rings. The predicted molar refractivity (Wildman–Crippen MR) is 95.8 cm³/mol. The maximum atomic E-state index is 12.4. The molecule has 1 atom stereocenters. The number of aromatic nitrogens is 1. The van der Waals surface area contributed by atoms with Crippen LogP contribution in [0.15, 0.2) is 29.1 Å². The van der Waals surface area contributed by atoms with E-state index in [1.165, 1.54) is 0 Å². The smallest absolute Gasteiger partial charge is 0.251 e. The number of pyridine rings is 1. The van der Waals surface area contributed by atoms with E-state index in [2.05, 4.69) is 4.98 Å². The van der Waals surface area contributed by atoms with Gasteiger partial charge in [0.2, 0.25) is 5.91 Å². The molecule has 2 heterocycles. The van der Waals surface area contributed by atoms with Gasteiger partial charge in [0, 0.05) is 42.6 Å². The number of H-pyrrole nitrogens is 1. The van der Waals surface area contributed by atoms with Gasteiger partial charge in [-0.2, -0.15) is 0 Å². The largest absolute Gasteiger partial charge is 0.497 e. The Hall–Kier alpha value is -2.34. The highest BCUT2D eigenvalue weighted by Crippen LogP contribution is 2.20. The number of ether oxygens (including phenoxy) is 1. The molecule has 0 bridgehead atoms. The summed E-state index contributed by atoms with van der Waals surface area (Å²) in [4.78, 5) is 29.3. The molecule has 0 radical (unpaired) electrons. The van der Waals surface area contributed by atoms with E-state index < -0.39 is 0 Å². The number of methoxy groups -OCH3 is 1. The van der Waals surface area contributed by atoms with Crippen molar-refractivity contribution in [3.8, 4) is 5.75 Å². The Bertz CT molecular complexity index is 815. The second kappa shape index (κ2) is 7.70. The third kappa shape index (κ3) is 4.02. The van der Waals surface area contributed by atoms with Crippen molar-refractivity contribution in [1.82, 2.24) is 9.88 Å². The molecule has 1 aliphatic rings. The van der Waals surface area contributed by atoms with E-state index in [1.54, 1.807) is 13.2 Å². The first kappa shape index (κ1) is 17.5. The third-order valence-corrected chi connectivity index (χ3v) is 4.87. The summed E-state index contributed by atoms with van der Waals surface area (Å²) in [6, 6.07) is 7.31. The number of amides is 1. The molecule has 1 amide bonds. The summed E-state index contributed by atoms with van der Waals surface area (Å²) in [5, 5.41) is 10.2. The minimum absolute atomic E-state index is 0.0447. The van der Waals surface area contributed by atoms with Gasteiger partial charge in [0.15, 0.2) is 0 Å². The fourth-order valence-electron chi connectivity index (χ4n) is 3.38. The Balaban J connectivity index is 1.70. The monoisotopic (exact) mass is 344 g/mol. The van der Waals surface area contributed by atoms with E-state index in [4.69, 9.17) is 4.74 Å². The number of benzene rings is 1. The van der Waals surface area contributed by atoms with Gasteiger partial charge < -0.3 is 19.7 Å². The molecule has 1 fully saturated rings. The van der Waals surface area contributed by atoms with Crippen LogP contribution in [-0.4, -0.2) is 47.7 Å². The van der Waals surface area contributed by atoms with E-state index in [9.17, 15) is 14.7 Å². The summed E-state index contributed by atoms with van der Waals surface area (Å²) in [5.74, 6) is 0.947. The number of fused-ring (bicyclic) bond motifs is 1. The lowest BCUT2D eigenvalue weighted by Crippen LogP contribution is -2.41. The second-order valence-corrected chi connectivity index (χ2v) is 6.61. The Morgan fingerprint density at radius 1 is 1.40 bits per heavy atom. The Labute approximate surface area is 146 Å². The average Bonchev–Trinajstić information content (AvgIpc) is 2.65. The van der Waals surface area contributed by atoms with Gasteiger partial charge in [-0.3, -0.25) is 9.59 Å². The van der Waals surface area contributed by atoms with Crippen molar-refractivity contribution in [2.24, 2.45) is 5.92 Å². The van der Waals surface area contributed by atoms with Gasteiger partial charge in [-0.05, 0) is 49.4 Å². The van der Waals surface area contributed by atoms with Gasteiger partial charge in [0.05, 0.1) is 7.11 Å². The molecular formula is C19H24N2O4. The van der Waals surface area contributed by atoms with Crippen molar-refractivity contribution in [2.45, 2.75) is 25.7 Å². The molecule has 2 N–H and O–H groups in total. The van der Waals surface area contributed by atoms with Crippen LogP contribution in [-0.2, 0) is 11.2 Å². The zero-order valence-electron chi connectivity index (χ0n) is 14.5. The first-order chi connectivity index (χ1) is 12.1. The summed E-state index contributed by atoms with van der Waals surface area (Å²) in [7, 11) is 1.60. The summed E-state index contributed by atoms with van der Waals surface area (Å²) in [6.07, 6.45) is 2.60. The maximum Gasteiger partial charge on any atom is 0.251 e. The molecule has 1 aliphatic heterocycles. The molecule has 0 saturated carbocycles. The standard InChI is InChI=1S/C19H24N2O4/c1-25-16-5-6-17-15(10-16)9-14(19(24)20-17)4-7-18(23)21-8-2-3-13(11-21)12-22/h5-6,9-10,13,22H,2-4,7-8,11-12H2,1H3,(H,20,24). The van der Waals surface area contributed by atoms with E-state index in [1.807, 2.05) is 23.1 Å². The number of likely N-dealkylation sites (tertiary alicyclic amines) is 1. The minimum Gasteiger partial charge on any atom is -0.497 e. The summed E-state index contributed by atoms with van der Waals surface area (Å²) >= 11 is 0. The number of rotatable bonds is 5. The van der Waals surface area contributed by atoms with E-state index in [0.717, 1.165) is 36.0 Å². The molecule has 25 heavy (non-hydrogen) atoms. The number of carbonyl (C=O) groups excluding carboxylic acids is 1. The van der Waals surface area contributed by atoms with E-state index >= 15 is 0 Å². The Morgan fingerprint density at radius 2 is 2.24 bits per heavy atom. The van der Waals surface area contributed by atoms with Crippen molar-refractivity contribution in [2.75, 3.05) is 26.8 Å². The van der Waals surface area contributed by atoms with Crippen LogP contribution < -0.4 is 10.3 Å². The first-order valence-corrected chi connectivity index (χ1v) is 8.69. The Kier molecular flexibility index (Phi) is 5.38. The average molecular weight is 344 g/mol. The summed E-state index contributed by atoms with van der Waals surface area (Å²) in [5.41, 5.74) is 1.20. The van der Waals surface area contributed by atoms with Gasteiger partial charge in [0.25, 0.3) is 5.56 Å². The highest BCUT2D eigenvalue weighted by atomic mass is 16.5. The van der Waals surface area contributed by atoms with Crippen LogP contribution in [0.25, 0.3) is 10.9 Å². The van der Waals surface area contributed by atoms with Crippen molar-refractivity contribution >= 4 is 16.8 Å². The molecule has 1 unspecified atom stereocenters. The van der Waals surface area contributed by atoms with Crippen LogP contribution in [0.4, 0.5) is 0 Å². The molecule has 1 aromatic heterocycles. The molecule has 1 aromatic carbocycles. The number of aliphatic hydroxyl groups excluding tert-OH is 1. The number of nitrogens with one attached hydrogen (secondary N) is 1. The first-order valence-electron chi connectivity index (χ1n) is 8.69. The van der Waals surface area contributed by atoms with Crippen LogP contribution in [0.3, 0.4) is 0 Å². The van der Waals surface area contributed by atoms with Gasteiger partial charge >= 0.3 is 0 Å². The SMILES string of the molecule is COc1ccc2[nH]c(=O)c(CCC(=O)N3CCCC(CO)C3)cc2c1. The number of aliphatic hydroxyl groups is 1. The minimum atomic E-state index is -0.155.